The Morgan fingerprint density at radius 3 is 2.36 bits per heavy atom. The van der Waals surface area contributed by atoms with Crippen molar-refractivity contribution in [3.8, 4) is 5.75 Å². The topological polar surface area (TPSA) is 114 Å². The molecule has 3 rings (SSSR count). The highest BCUT2D eigenvalue weighted by Gasteiger charge is 2.26. The van der Waals surface area contributed by atoms with Gasteiger partial charge in [-0.3, -0.25) is 9.52 Å². The molecule has 1 aliphatic rings. The molecule has 2 aromatic rings. The molecule has 1 heterocycles. The van der Waals surface area contributed by atoms with Crippen LogP contribution in [0.2, 0.25) is 0 Å². The van der Waals surface area contributed by atoms with E-state index in [2.05, 4.69) is 10.0 Å². The molecule has 2 N–H and O–H groups in total. The number of anilines is 1. The molecule has 1 aliphatic heterocycles. The Hall–Kier alpha value is -3.27. The molecule has 1 fully saturated rings. The molecular weight excluding hydrogens is 446 g/mol. The summed E-state index contributed by atoms with van der Waals surface area (Å²) >= 11 is 0. The fraction of sp³-hybridized carbons (Fsp3) is 0.391. The van der Waals surface area contributed by atoms with Crippen molar-refractivity contribution in [3.63, 3.8) is 0 Å². The van der Waals surface area contributed by atoms with Crippen LogP contribution in [0.1, 0.15) is 35.7 Å². The Labute approximate surface area is 194 Å². The highest BCUT2D eigenvalue weighted by atomic mass is 32.2. The molecule has 10 heteroatoms. The highest BCUT2D eigenvalue weighted by molar-refractivity contribution is 7.92. The minimum atomic E-state index is -3.99. The van der Waals surface area contributed by atoms with E-state index in [4.69, 9.17) is 9.47 Å². The van der Waals surface area contributed by atoms with Gasteiger partial charge in [-0.25, -0.2) is 13.2 Å². The molecule has 9 nitrogen and oxygen atoms in total. The fourth-order valence-electron chi connectivity index (χ4n) is 3.55. The smallest absolute Gasteiger partial charge is 0.409 e. The number of methoxy groups -OCH3 is 1. The largest absolute Gasteiger partial charge is 0.495 e. The predicted octanol–water partition coefficient (Wildman–Crippen LogP) is 3.16. The summed E-state index contributed by atoms with van der Waals surface area (Å²) in [6.07, 6.45) is 0.815. The number of sulfonamides is 1. The minimum Gasteiger partial charge on any atom is -0.495 e. The number of hydrogen-bond acceptors (Lipinski definition) is 6. The number of nitrogens with one attached hydrogen (secondary N) is 2. The molecule has 0 radical (unpaired) electrons. The van der Waals surface area contributed by atoms with Crippen molar-refractivity contribution in [1.82, 2.24) is 10.2 Å². The molecule has 0 atom stereocenters. The van der Waals surface area contributed by atoms with Crippen LogP contribution in [0, 0.1) is 6.92 Å². The summed E-state index contributed by atoms with van der Waals surface area (Å²) < 4.78 is 38.8. The first-order chi connectivity index (χ1) is 15.7. The Morgan fingerprint density at radius 2 is 1.76 bits per heavy atom. The molecule has 178 valence electrons. The molecular formula is C23H29N3O6S. The summed E-state index contributed by atoms with van der Waals surface area (Å²) in [5, 5.41) is 2.92. The van der Waals surface area contributed by atoms with Gasteiger partial charge in [0.15, 0.2) is 0 Å². The van der Waals surface area contributed by atoms with E-state index in [1.807, 2.05) is 6.92 Å². The van der Waals surface area contributed by atoms with E-state index in [9.17, 15) is 18.0 Å². The number of nitrogens with zero attached hydrogens (tertiary/aromatic N) is 1. The monoisotopic (exact) mass is 475 g/mol. The van der Waals surface area contributed by atoms with Crippen molar-refractivity contribution in [2.24, 2.45) is 0 Å². The third-order valence-corrected chi connectivity index (χ3v) is 6.78. The van der Waals surface area contributed by atoms with Gasteiger partial charge >= 0.3 is 6.09 Å². The summed E-state index contributed by atoms with van der Waals surface area (Å²) in [6.45, 7) is 4.94. The van der Waals surface area contributed by atoms with Crippen LogP contribution in [-0.2, 0) is 14.8 Å². The second-order valence-electron chi connectivity index (χ2n) is 7.77. The summed E-state index contributed by atoms with van der Waals surface area (Å²) in [6, 6.07) is 11.1. The molecule has 0 spiro atoms. The van der Waals surface area contributed by atoms with Gasteiger partial charge in [0.2, 0.25) is 0 Å². The summed E-state index contributed by atoms with van der Waals surface area (Å²) in [5.41, 5.74) is 1.61. The molecule has 1 saturated heterocycles. The van der Waals surface area contributed by atoms with Gasteiger partial charge in [0.05, 0.1) is 13.7 Å². The number of rotatable bonds is 7. The second kappa shape index (κ2) is 10.6. The normalized spacial score (nSPS) is 14.5. The van der Waals surface area contributed by atoms with Crippen molar-refractivity contribution >= 4 is 27.7 Å². The number of amides is 2. The number of hydrogen-bond donors (Lipinski definition) is 2. The number of ether oxygens (including phenoxy) is 2. The van der Waals surface area contributed by atoms with Crippen molar-refractivity contribution in [3.05, 3.63) is 53.6 Å². The van der Waals surface area contributed by atoms with Crippen LogP contribution in [-0.4, -0.2) is 58.2 Å². The lowest BCUT2D eigenvalue weighted by atomic mass is 10.0. The lowest BCUT2D eigenvalue weighted by Crippen LogP contribution is -2.46. The number of aryl methyl sites for hydroxylation is 1. The number of carbonyl (C=O) groups is 2. The van der Waals surface area contributed by atoms with E-state index in [1.54, 1.807) is 36.1 Å². The average Bonchev–Trinajstić information content (AvgIpc) is 2.80. The van der Waals surface area contributed by atoms with E-state index < -0.39 is 10.0 Å². The zero-order valence-corrected chi connectivity index (χ0v) is 19.8. The molecule has 2 aromatic carbocycles. The molecule has 0 unspecified atom stereocenters. The van der Waals surface area contributed by atoms with E-state index in [1.165, 1.54) is 25.3 Å². The van der Waals surface area contributed by atoms with Crippen LogP contribution in [0.25, 0.3) is 0 Å². The van der Waals surface area contributed by atoms with Crippen LogP contribution in [0.15, 0.2) is 47.4 Å². The third-order valence-electron chi connectivity index (χ3n) is 5.38. The lowest BCUT2D eigenvalue weighted by Gasteiger charge is -2.31. The van der Waals surface area contributed by atoms with Gasteiger partial charge in [-0.15, -0.1) is 0 Å². The fourth-order valence-corrected chi connectivity index (χ4v) is 4.80. The minimum absolute atomic E-state index is 0.129. The quantitative estimate of drug-likeness (QED) is 0.636. The molecule has 0 bridgehead atoms. The SMILES string of the molecule is CCOC(=O)N1CCC(NC(=O)c2ccc(OC)c(S(=O)(=O)Nc3ccc(C)cc3)c2)CC1. The van der Waals surface area contributed by atoms with Gasteiger partial charge in [0.25, 0.3) is 15.9 Å². The van der Waals surface area contributed by atoms with E-state index >= 15 is 0 Å². The van der Waals surface area contributed by atoms with Crippen LogP contribution in [0.3, 0.4) is 0 Å². The Balaban J connectivity index is 1.71. The zero-order chi connectivity index (χ0) is 24.0. The first-order valence-corrected chi connectivity index (χ1v) is 12.2. The molecule has 2 amide bonds. The van der Waals surface area contributed by atoms with Crippen molar-refractivity contribution in [2.45, 2.75) is 37.6 Å². The van der Waals surface area contributed by atoms with E-state index in [0.717, 1.165) is 5.56 Å². The van der Waals surface area contributed by atoms with Gasteiger partial charge in [-0.2, -0.15) is 0 Å². The lowest BCUT2D eigenvalue weighted by molar-refractivity contribution is 0.0860. The zero-order valence-electron chi connectivity index (χ0n) is 19.0. The summed E-state index contributed by atoms with van der Waals surface area (Å²) in [4.78, 5) is 26.1. The van der Waals surface area contributed by atoms with Gasteiger partial charge in [0, 0.05) is 30.4 Å². The standard InChI is InChI=1S/C23H29N3O6S/c1-4-32-23(28)26-13-11-18(12-14-26)24-22(27)17-7-10-20(31-3)21(15-17)33(29,30)25-19-8-5-16(2)6-9-19/h5-10,15,18,25H,4,11-14H2,1-3H3,(H,24,27). The maximum absolute atomic E-state index is 13.0. The second-order valence-corrected chi connectivity index (χ2v) is 9.42. The van der Waals surface area contributed by atoms with Gasteiger partial charge in [-0.1, -0.05) is 17.7 Å². The molecule has 0 saturated carbocycles. The van der Waals surface area contributed by atoms with Crippen LogP contribution < -0.4 is 14.8 Å². The summed E-state index contributed by atoms with van der Waals surface area (Å²) in [5.74, 6) is -0.257. The van der Waals surface area contributed by atoms with E-state index in [0.29, 0.717) is 38.2 Å². The van der Waals surface area contributed by atoms with Gasteiger partial charge in [0.1, 0.15) is 10.6 Å². The predicted molar refractivity (Wildman–Crippen MR) is 124 cm³/mol. The molecule has 33 heavy (non-hydrogen) atoms. The van der Waals surface area contributed by atoms with Crippen LogP contribution in [0.4, 0.5) is 10.5 Å². The first kappa shape index (κ1) is 24.4. The number of carbonyl (C=O) groups excluding carboxylic acids is 2. The highest BCUT2D eigenvalue weighted by Crippen LogP contribution is 2.27. The van der Waals surface area contributed by atoms with Crippen molar-refractivity contribution < 1.29 is 27.5 Å². The molecule has 0 aromatic heterocycles. The number of piperidine rings is 1. The maximum Gasteiger partial charge on any atom is 0.409 e. The van der Waals surface area contributed by atoms with Gasteiger partial charge < -0.3 is 19.7 Å². The maximum atomic E-state index is 13.0. The Kier molecular flexibility index (Phi) is 7.80. The Bertz CT molecular complexity index is 1090. The van der Waals surface area contributed by atoms with Gasteiger partial charge in [-0.05, 0) is 57.0 Å². The van der Waals surface area contributed by atoms with Crippen LogP contribution in [0.5, 0.6) is 5.75 Å². The number of benzene rings is 2. The van der Waals surface area contributed by atoms with Crippen molar-refractivity contribution in [1.29, 1.82) is 0 Å². The van der Waals surface area contributed by atoms with E-state index in [-0.39, 0.29) is 34.3 Å². The van der Waals surface area contributed by atoms with Crippen LogP contribution >= 0.6 is 0 Å². The first-order valence-electron chi connectivity index (χ1n) is 10.7. The average molecular weight is 476 g/mol. The number of likely N-dealkylation sites (tertiary alicyclic amines) is 1. The Morgan fingerprint density at radius 1 is 1.09 bits per heavy atom. The third kappa shape index (κ3) is 6.16. The van der Waals surface area contributed by atoms with Crippen molar-refractivity contribution in [2.75, 3.05) is 31.5 Å². The summed E-state index contributed by atoms with van der Waals surface area (Å²) in [7, 11) is -2.62. The molecule has 0 aliphatic carbocycles.